The third-order valence-corrected chi connectivity index (χ3v) is 7.48. The van der Waals surface area contributed by atoms with Gasteiger partial charge in [0.25, 0.3) is 0 Å². The Kier molecular flexibility index (Phi) is 6.37. The molecule has 9 heteroatoms. The highest BCUT2D eigenvalue weighted by molar-refractivity contribution is 6.33. The molecular formula is C25H32ClN5O3. The molecule has 5 rings (SSSR count). The SMILES string of the molecule is CC1(C)Cc2c(-c3cc(NC(=O)[C@H]4CCC[C@@H](NC(=O)C5CCCO5)C4)ncc3Cl)cnn2C1. The number of anilines is 1. The Hall–Kier alpha value is -2.45. The molecule has 8 nitrogen and oxygen atoms in total. The number of fused-ring (bicyclic) bond motifs is 1. The highest BCUT2D eigenvalue weighted by Gasteiger charge is 2.33. The van der Waals surface area contributed by atoms with Crippen LogP contribution in [0.1, 0.15) is 58.1 Å². The van der Waals surface area contributed by atoms with Gasteiger partial charge in [-0.1, -0.05) is 31.9 Å². The molecule has 2 N–H and O–H groups in total. The number of hydrogen-bond donors (Lipinski definition) is 2. The molecule has 34 heavy (non-hydrogen) atoms. The molecule has 3 aliphatic rings. The number of rotatable bonds is 5. The minimum absolute atomic E-state index is 0.00621. The molecule has 2 aromatic heterocycles. The van der Waals surface area contributed by atoms with E-state index in [9.17, 15) is 9.59 Å². The van der Waals surface area contributed by atoms with Gasteiger partial charge in [-0.15, -0.1) is 0 Å². The summed E-state index contributed by atoms with van der Waals surface area (Å²) in [6.45, 7) is 5.97. The molecular weight excluding hydrogens is 454 g/mol. The van der Waals surface area contributed by atoms with Crippen molar-refractivity contribution in [3.05, 3.63) is 29.2 Å². The standard InChI is InChI=1S/C25H32ClN5O3/c1-25(2)11-20-18(12-28-31(20)14-25)17-10-22(27-13-19(17)26)30-23(32)15-5-3-6-16(9-15)29-24(33)21-7-4-8-34-21/h10,12-13,15-16,21H,3-9,11,14H2,1-2H3,(H,29,33)(H,27,30,32)/t15-,16+,21?/m0/s1. The van der Waals surface area contributed by atoms with Crippen molar-refractivity contribution in [1.82, 2.24) is 20.1 Å². The molecule has 0 bridgehead atoms. The van der Waals surface area contributed by atoms with Gasteiger partial charge in [-0.3, -0.25) is 14.3 Å². The summed E-state index contributed by atoms with van der Waals surface area (Å²) in [5, 5.41) is 11.1. The normalized spacial score (nSPS) is 25.7. The van der Waals surface area contributed by atoms with E-state index in [-0.39, 0.29) is 35.3 Å². The van der Waals surface area contributed by atoms with Crippen molar-refractivity contribution in [2.24, 2.45) is 11.3 Å². The lowest BCUT2D eigenvalue weighted by Crippen LogP contribution is -2.44. The lowest BCUT2D eigenvalue weighted by atomic mass is 9.85. The smallest absolute Gasteiger partial charge is 0.249 e. The van der Waals surface area contributed by atoms with E-state index in [0.29, 0.717) is 23.9 Å². The van der Waals surface area contributed by atoms with Gasteiger partial charge in [-0.2, -0.15) is 5.10 Å². The highest BCUT2D eigenvalue weighted by Crippen LogP contribution is 2.39. The summed E-state index contributed by atoms with van der Waals surface area (Å²) in [7, 11) is 0. The topological polar surface area (TPSA) is 98.1 Å². The van der Waals surface area contributed by atoms with E-state index < -0.39 is 0 Å². The number of hydrogen-bond acceptors (Lipinski definition) is 5. The fourth-order valence-electron chi connectivity index (χ4n) is 5.45. The zero-order chi connectivity index (χ0) is 23.9. The van der Waals surface area contributed by atoms with Crippen LogP contribution in [0.2, 0.25) is 5.02 Å². The van der Waals surface area contributed by atoms with Crippen LogP contribution in [0.5, 0.6) is 0 Å². The minimum Gasteiger partial charge on any atom is -0.368 e. The fraction of sp³-hybridized carbons (Fsp3) is 0.600. The van der Waals surface area contributed by atoms with Crippen molar-refractivity contribution in [3.63, 3.8) is 0 Å². The van der Waals surface area contributed by atoms with Gasteiger partial charge in [-0.05, 0) is 50.0 Å². The van der Waals surface area contributed by atoms with Crippen LogP contribution in [0.3, 0.4) is 0 Å². The average molecular weight is 486 g/mol. The van der Waals surface area contributed by atoms with Crippen LogP contribution < -0.4 is 10.6 Å². The molecule has 2 aromatic rings. The van der Waals surface area contributed by atoms with Crippen LogP contribution in [-0.2, 0) is 27.3 Å². The molecule has 4 heterocycles. The molecule has 0 spiro atoms. The lowest BCUT2D eigenvalue weighted by molar-refractivity contribution is -0.131. The summed E-state index contributed by atoms with van der Waals surface area (Å²) in [6, 6.07) is 1.83. The second kappa shape index (κ2) is 9.30. The predicted molar refractivity (Wildman–Crippen MR) is 129 cm³/mol. The van der Waals surface area contributed by atoms with Gasteiger partial charge in [0.2, 0.25) is 11.8 Å². The van der Waals surface area contributed by atoms with Gasteiger partial charge < -0.3 is 15.4 Å². The number of amides is 2. The Balaban J connectivity index is 1.25. The van der Waals surface area contributed by atoms with Crippen molar-refractivity contribution in [2.75, 3.05) is 11.9 Å². The van der Waals surface area contributed by atoms with Crippen LogP contribution in [0.4, 0.5) is 5.82 Å². The Bertz CT molecular complexity index is 1090. The van der Waals surface area contributed by atoms with Gasteiger partial charge in [0.1, 0.15) is 11.9 Å². The molecule has 0 aromatic carbocycles. The Morgan fingerprint density at radius 3 is 2.79 bits per heavy atom. The molecule has 1 saturated carbocycles. The van der Waals surface area contributed by atoms with Crippen molar-refractivity contribution in [3.8, 4) is 11.1 Å². The summed E-state index contributed by atoms with van der Waals surface area (Å²) in [5.74, 6) is 0.181. The van der Waals surface area contributed by atoms with Gasteiger partial charge in [-0.25, -0.2) is 4.98 Å². The quantitative estimate of drug-likeness (QED) is 0.667. The second-order valence-corrected chi connectivity index (χ2v) is 11.0. The largest absolute Gasteiger partial charge is 0.368 e. The van der Waals surface area contributed by atoms with Crippen LogP contribution >= 0.6 is 11.6 Å². The number of pyridine rings is 1. The molecule has 1 saturated heterocycles. The molecule has 3 atom stereocenters. The minimum atomic E-state index is -0.346. The Morgan fingerprint density at radius 1 is 1.15 bits per heavy atom. The van der Waals surface area contributed by atoms with E-state index in [4.69, 9.17) is 16.3 Å². The average Bonchev–Trinajstić information content (AvgIpc) is 3.52. The summed E-state index contributed by atoms with van der Waals surface area (Å²) in [5.41, 5.74) is 3.14. The van der Waals surface area contributed by atoms with Crippen molar-refractivity contribution in [1.29, 1.82) is 0 Å². The molecule has 1 aliphatic carbocycles. The molecule has 182 valence electrons. The van der Waals surface area contributed by atoms with Gasteiger partial charge >= 0.3 is 0 Å². The van der Waals surface area contributed by atoms with Crippen LogP contribution in [0, 0.1) is 11.3 Å². The number of nitrogens with one attached hydrogen (secondary N) is 2. The Labute approximate surface area is 204 Å². The van der Waals surface area contributed by atoms with Gasteiger partial charge in [0.15, 0.2) is 0 Å². The summed E-state index contributed by atoms with van der Waals surface area (Å²) in [4.78, 5) is 29.8. The third kappa shape index (κ3) is 4.84. The van der Waals surface area contributed by atoms with E-state index in [2.05, 4.69) is 34.6 Å². The summed E-state index contributed by atoms with van der Waals surface area (Å²) < 4.78 is 7.52. The van der Waals surface area contributed by atoms with E-state index in [1.54, 1.807) is 6.20 Å². The molecule has 2 fully saturated rings. The Morgan fingerprint density at radius 2 is 2.00 bits per heavy atom. The predicted octanol–water partition coefficient (Wildman–Crippen LogP) is 3.97. The van der Waals surface area contributed by atoms with E-state index in [0.717, 1.165) is 61.9 Å². The lowest BCUT2D eigenvalue weighted by Gasteiger charge is -2.29. The first kappa shape index (κ1) is 23.3. The summed E-state index contributed by atoms with van der Waals surface area (Å²) in [6.07, 6.45) is 8.89. The molecule has 0 radical (unpaired) electrons. The monoisotopic (exact) mass is 485 g/mol. The third-order valence-electron chi connectivity index (χ3n) is 7.18. The van der Waals surface area contributed by atoms with Crippen molar-refractivity contribution < 1.29 is 14.3 Å². The van der Waals surface area contributed by atoms with Crippen molar-refractivity contribution >= 4 is 29.2 Å². The zero-order valence-corrected chi connectivity index (χ0v) is 20.5. The highest BCUT2D eigenvalue weighted by atomic mass is 35.5. The number of nitrogens with zero attached hydrogens (tertiary/aromatic N) is 3. The number of halogens is 1. The van der Waals surface area contributed by atoms with E-state index in [1.807, 2.05) is 16.9 Å². The molecule has 2 amide bonds. The van der Waals surface area contributed by atoms with E-state index in [1.165, 1.54) is 0 Å². The van der Waals surface area contributed by atoms with Crippen LogP contribution in [-0.4, -0.2) is 45.3 Å². The van der Waals surface area contributed by atoms with Crippen molar-refractivity contribution in [2.45, 2.75) is 77.5 Å². The molecule has 2 aliphatic heterocycles. The first-order valence-electron chi connectivity index (χ1n) is 12.2. The first-order chi connectivity index (χ1) is 16.3. The van der Waals surface area contributed by atoms with Crippen LogP contribution in [0.25, 0.3) is 11.1 Å². The fourth-order valence-corrected chi connectivity index (χ4v) is 5.66. The maximum atomic E-state index is 13.1. The maximum absolute atomic E-state index is 13.1. The second-order valence-electron chi connectivity index (χ2n) is 10.6. The van der Waals surface area contributed by atoms with Gasteiger partial charge in [0.05, 0.1) is 11.2 Å². The number of aromatic nitrogens is 3. The summed E-state index contributed by atoms with van der Waals surface area (Å²) >= 11 is 6.50. The maximum Gasteiger partial charge on any atom is 0.249 e. The number of carbonyl (C=O) groups excluding carboxylic acids is 2. The van der Waals surface area contributed by atoms with Gasteiger partial charge in [0, 0.05) is 48.1 Å². The zero-order valence-electron chi connectivity index (χ0n) is 19.8. The first-order valence-corrected chi connectivity index (χ1v) is 12.6. The number of ether oxygens (including phenoxy) is 1. The van der Waals surface area contributed by atoms with Crippen LogP contribution in [0.15, 0.2) is 18.5 Å². The van der Waals surface area contributed by atoms with E-state index >= 15 is 0 Å². The number of carbonyl (C=O) groups is 2. The molecule has 1 unspecified atom stereocenters.